The molecule has 5 heteroatoms. The molecule has 0 aromatic rings. The Bertz CT molecular complexity index is 305. The second-order valence-corrected chi connectivity index (χ2v) is 7.14. The van der Waals surface area contributed by atoms with Crippen molar-refractivity contribution < 1.29 is 8.42 Å². The number of nitrogens with zero attached hydrogens (tertiary/aromatic N) is 1. The van der Waals surface area contributed by atoms with Gasteiger partial charge in [-0.25, -0.2) is 8.42 Å². The smallest absolute Gasteiger partial charge is 0.214 e. The Balaban J connectivity index is 4.35. The fourth-order valence-electron chi connectivity index (χ4n) is 1.98. The van der Waals surface area contributed by atoms with Crippen molar-refractivity contribution in [2.45, 2.75) is 65.8 Å². The minimum Gasteiger partial charge on any atom is -0.317 e. The quantitative estimate of drug-likeness (QED) is 0.563. The van der Waals surface area contributed by atoms with E-state index in [1.807, 2.05) is 13.8 Å². The molecule has 0 fully saturated rings. The minimum absolute atomic E-state index is 0.116. The number of sulfonamides is 1. The summed E-state index contributed by atoms with van der Waals surface area (Å²) >= 11 is 0. The first-order valence-electron chi connectivity index (χ1n) is 7.69. The van der Waals surface area contributed by atoms with Gasteiger partial charge in [0.25, 0.3) is 0 Å². The standard InChI is InChI=1S/C14H32N2O2S/c1-5-8-12-16(14(4)6-2)19(17,18)13-10-9-11-15-7-3/h14-15H,5-13H2,1-4H3. The largest absolute Gasteiger partial charge is 0.317 e. The molecule has 0 saturated carbocycles. The van der Waals surface area contributed by atoms with Gasteiger partial charge in [0.05, 0.1) is 5.75 Å². The summed E-state index contributed by atoms with van der Waals surface area (Å²) in [6, 6.07) is 0.116. The third-order valence-corrected chi connectivity index (χ3v) is 5.49. The Hall–Kier alpha value is -0.130. The predicted octanol–water partition coefficient (Wildman–Crippen LogP) is 2.61. The van der Waals surface area contributed by atoms with Crippen LogP contribution in [0.3, 0.4) is 0 Å². The molecule has 116 valence electrons. The number of rotatable bonds is 12. The van der Waals surface area contributed by atoms with Gasteiger partial charge in [-0.1, -0.05) is 27.2 Å². The molecule has 1 N–H and O–H groups in total. The molecule has 0 heterocycles. The zero-order chi connectivity index (χ0) is 14.7. The molecule has 4 nitrogen and oxygen atoms in total. The molecule has 0 amide bonds. The number of hydrogen-bond acceptors (Lipinski definition) is 3. The van der Waals surface area contributed by atoms with E-state index in [0.29, 0.717) is 6.54 Å². The summed E-state index contributed by atoms with van der Waals surface area (Å²) in [6.45, 7) is 10.7. The molecule has 0 aliphatic heterocycles. The lowest BCUT2D eigenvalue weighted by molar-refractivity contribution is 0.323. The van der Waals surface area contributed by atoms with Crippen molar-refractivity contribution in [1.82, 2.24) is 9.62 Å². The first-order chi connectivity index (χ1) is 8.99. The second kappa shape index (κ2) is 10.6. The second-order valence-electron chi connectivity index (χ2n) is 5.10. The summed E-state index contributed by atoms with van der Waals surface area (Å²) in [5, 5.41) is 3.22. The number of hydrogen-bond donors (Lipinski definition) is 1. The predicted molar refractivity (Wildman–Crippen MR) is 82.9 cm³/mol. The van der Waals surface area contributed by atoms with Gasteiger partial charge in [-0.15, -0.1) is 0 Å². The summed E-state index contributed by atoms with van der Waals surface area (Å²) in [7, 11) is -3.09. The highest BCUT2D eigenvalue weighted by molar-refractivity contribution is 7.89. The van der Waals surface area contributed by atoms with E-state index in [9.17, 15) is 8.42 Å². The summed E-state index contributed by atoms with van der Waals surface area (Å²) in [6.07, 6.45) is 4.52. The lowest BCUT2D eigenvalue weighted by atomic mass is 10.2. The van der Waals surface area contributed by atoms with Crippen LogP contribution in [0.2, 0.25) is 0 Å². The van der Waals surface area contributed by atoms with Crippen LogP contribution in [0.1, 0.15) is 59.8 Å². The molecule has 0 aromatic heterocycles. The van der Waals surface area contributed by atoms with Crippen LogP contribution in [-0.4, -0.2) is 44.2 Å². The van der Waals surface area contributed by atoms with Gasteiger partial charge in [-0.3, -0.25) is 0 Å². The van der Waals surface area contributed by atoms with Gasteiger partial charge < -0.3 is 5.32 Å². The van der Waals surface area contributed by atoms with Crippen molar-refractivity contribution in [2.24, 2.45) is 0 Å². The van der Waals surface area contributed by atoms with Gasteiger partial charge in [0, 0.05) is 12.6 Å². The maximum absolute atomic E-state index is 12.4. The zero-order valence-corrected chi connectivity index (χ0v) is 13.9. The summed E-state index contributed by atoms with van der Waals surface area (Å²) in [5.41, 5.74) is 0. The fraction of sp³-hybridized carbons (Fsp3) is 1.00. The maximum atomic E-state index is 12.4. The van der Waals surface area contributed by atoms with Crippen molar-refractivity contribution in [3.8, 4) is 0 Å². The third-order valence-electron chi connectivity index (χ3n) is 3.43. The molecule has 0 bridgehead atoms. The van der Waals surface area contributed by atoms with Crippen LogP contribution < -0.4 is 5.32 Å². The molecular weight excluding hydrogens is 260 g/mol. The summed E-state index contributed by atoms with van der Waals surface area (Å²) < 4.78 is 26.5. The maximum Gasteiger partial charge on any atom is 0.214 e. The van der Waals surface area contributed by atoms with Crippen molar-refractivity contribution in [3.05, 3.63) is 0 Å². The lowest BCUT2D eigenvalue weighted by Crippen LogP contribution is -2.40. The van der Waals surface area contributed by atoms with E-state index >= 15 is 0 Å². The van der Waals surface area contributed by atoms with E-state index in [-0.39, 0.29) is 11.8 Å². The zero-order valence-electron chi connectivity index (χ0n) is 13.1. The van der Waals surface area contributed by atoms with Crippen LogP contribution in [0.15, 0.2) is 0 Å². The molecule has 0 aromatic carbocycles. The van der Waals surface area contributed by atoms with E-state index in [1.54, 1.807) is 4.31 Å². The van der Waals surface area contributed by atoms with E-state index in [2.05, 4.69) is 19.2 Å². The lowest BCUT2D eigenvalue weighted by Gasteiger charge is -2.27. The molecule has 0 aliphatic carbocycles. The highest BCUT2D eigenvalue weighted by Gasteiger charge is 2.25. The first kappa shape index (κ1) is 18.9. The molecule has 0 rings (SSSR count). The number of nitrogens with one attached hydrogen (secondary N) is 1. The third kappa shape index (κ3) is 7.90. The van der Waals surface area contributed by atoms with Gasteiger partial charge in [0.2, 0.25) is 10.0 Å². The van der Waals surface area contributed by atoms with Gasteiger partial charge in [-0.2, -0.15) is 4.31 Å². The highest BCUT2D eigenvalue weighted by Crippen LogP contribution is 2.13. The molecule has 1 unspecified atom stereocenters. The van der Waals surface area contributed by atoms with Crippen LogP contribution >= 0.6 is 0 Å². The first-order valence-corrected chi connectivity index (χ1v) is 9.30. The normalized spacial score (nSPS) is 13.9. The van der Waals surface area contributed by atoms with Crippen molar-refractivity contribution in [1.29, 1.82) is 0 Å². The Morgan fingerprint density at radius 2 is 1.79 bits per heavy atom. The van der Waals surface area contributed by atoms with Crippen LogP contribution in [0.25, 0.3) is 0 Å². The van der Waals surface area contributed by atoms with Crippen LogP contribution in [0.5, 0.6) is 0 Å². The van der Waals surface area contributed by atoms with Gasteiger partial charge >= 0.3 is 0 Å². The molecule has 1 atom stereocenters. The SMILES string of the molecule is CCCCN(C(C)CC)S(=O)(=O)CCCCNCC. The van der Waals surface area contributed by atoms with Crippen LogP contribution in [0, 0.1) is 0 Å². The molecule has 19 heavy (non-hydrogen) atoms. The molecular formula is C14H32N2O2S. The molecule has 0 saturated heterocycles. The van der Waals surface area contributed by atoms with Crippen molar-refractivity contribution in [3.63, 3.8) is 0 Å². The Morgan fingerprint density at radius 1 is 1.11 bits per heavy atom. The average molecular weight is 292 g/mol. The Morgan fingerprint density at radius 3 is 2.32 bits per heavy atom. The molecule has 0 aliphatic rings. The van der Waals surface area contributed by atoms with Crippen LogP contribution in [0.4, 0.5) is 0 Å². The Kier molecular flexibility index (Phi) is 10.6. The summed E-state index contributed by atoms with van der Waals surface area (Å²) in [4.78, 5) is 0. The number of unbranched alkanes of at least 4 members (excludes halogenated alkanes) is 2. The van der Waals surface area contributed by atoms with Gasteiger partial charge in [0.15, 0.2) is 0 Å². The van der Waals surface area contributed by atoms with Gasteiger partial charge in [0.1, 0.15) is 0 Å². The van der Waals surface area contributed by atoms with Crippen LogP contribution in [-0.2, 0) is 10.0 Å². The van der Waals surface area contributed by atoms with Crippen molar-refractivity contribution in [2.75, 3.05) is 25.4 Å². The minimum atomic E-state index is -3.09. The monoisotopic (exact) mass is 292 g/mol. The van der Waals surface area contributed by atoms with Gasteiger partial charge in [-0.05, 0) is 45.7 Å². The Labute approximate surface area is 120 Å². The fourth-order valence-corrected chi connectivity index (χ4v) is 3.89. The van der Waals surface area contributed by atoms with Crippen molar-refractivity contribution >= 4 is 10.0 Å². The van der Waals surface area contributed by atoms with E-state index < -0.39 is 10.0 Å². The molecule has 0 spiro atoms. The van der Waals surface area contributed by atoms with E-state index in [1.165, 1.54) is 0 Å². The van der Waals surface area contributed by atoms with E-state index in [0.717, 1.165) is 45.2 Å². The summed E-state index contributed by atoms with van der Waals surface area (Å²) in [5.74, 6) is 0.284. The van der Waals surface area contributed by atoms with E-state index in [4.69, 9.17) is 0 Å². The highest BCUT2D eigenvalue weighted by atomic mass is 32.2. The topological polar surface area (TPSA) is 49.4 Å². The molecule has 0 radical (unpaired) electrons. The average Bonchev–Trinajstić information content (AvgIpc) is 2.38.